The third-order valence-corrected chi connectivity index (χ3v) is 6.58. The van der Waals surface area contributed by atoms with Crippen LogP contribution in [0.1, 0.15) is 22.9 Å². The van der Waals surface area contributed by atoms with E-state index >= 15 is 0 Å². The number of ether oxygens (including phenoxy) is 1. The zero-order valence-corrected chi connectivity index (χ0v) is 20.5. The molecule has 1 atom stereocenters. The summed E-state index contributed by atoms with van der Waals surface area (Å²) < 4.78 is 15.3. The molecule has 0 unspecified atom stereocenters. The van der Waals surface area contributed by atoms with Crippen LogP contribution in [0.25, 0.3) is 22.3 Å². The van der Waals surface area contributed by atoms with Crippen LogP contribution in [-0.4, -0.2) is 28.0 Å². The number of methoxy groups -OCH3 is 1. The Bertz CT molecular complexity index is 1510. The fourth-order valence-electron chi connectivity index (χ4n) is 4.54. The van der Waals surface area contributed by atoms with Crippen molar-refractivity contribution >= 4 is 22.6 Å². The van der Waals surface area contributed by atoms with Gasteiger partial charge in [-0.25, -0.2) is 0 Å². The second-order valence-corrected chi connectivity index (χ2v) is 9.13. The van der Waals surface area contributed by atoms with Crippen molar-refractivity contribution in [3.05, 3.63) is 106 Å². The van der Waals surface area contributed by atoms with E-state index in [1.165, 1.54) is 11.1 Å². The maximum Gasteiger partial charge on any atom is 0.203 e. The van der Waals surface area contributed by atoms with Gasteiger partial charge in [0.15, 0.2) is 5.76 Å². The summed E-state index contributed by atoms with van der Waals surface area (Å²) in [5.41, 5.74) is 6.26. The number of hydrogen-bond donors (Lipinski definition) is 1. The van der Waals surface area contributed by atoms with E-state index in [0.717, 1.165) is 23.0 Å². The van der Waals surface area contributed by atoms with Crippen molar-refractivity contribution in [1.82, 2.24) is 14.3 Å². The first-order chi connectivity index (χ1) is 17.0. The topological polar surface area (TPSA) is 69.0 Å². The van der Waals surface area contributed by atoms with Crippen molar-refractivity contribution in [1.29, 1.82) is 5.41 Å². The minimum atomic E-state index is -0.0326. The number of nitrogens with zero attached hydrogens (tertiary/aromatic N) is 3. The second-order valence-electron chi connectivity index (χ2n) is 8.73. The molecule has 35 heavy (non-hydrogen) atoms. The fourth-order valence-corrected chi connectivity index (χ4v) is 4.77. The Balaban J connectivity index is 1.53. The minimum absolute atomic E-state index is 0.0326. The Hall–Kier alpha value is -3.61. The summed E-state index contributed by atoms with van der Waals surface area (Å²) >= 11 is 6.34. The summed E-state index contributed by atoms with van der Waals surface area (Å²) in [7, 11) is 1.70. The molecule has 0 bridgehead atoms. The molecule has 0 radical (unpaired) electrons. The highest BCUT2D eigenvalue weighted by molar-refractivity contribution is 6.33. The summed E-state index contributed by atoms with van der Waals surface area (Å²) in [5, 5.41) is 14.0. The molecular formula is C28H27ClN4O2. The van der Waals surface area contributed by atoms with Crippen LogP contribution in [0.15, 0.2) is 83.4 Å². The molecule has 5 aromatic rings. The summed E-state index contributed by atoms with van der Waals surface area (Å²) in [6.07, 6.45) is 0.762. The van der Waals surface area contributed by atoms with Crippen molar-refractivity contribution < 1.29 is 9.26 Å². The maximum atomic E-state index is 9.13. The molecule has 2 heterocycles. The van der Waals surface area contributed by atoms with Gasteiger partial charge in [-0.05, 0) is 37.1 Å². The molecule has 0 saturated carbocycles. The molecule has 0 amide bonds. The molecule has 0 saturated heterocycles. The Morgan fingerprint density at radius 1 is 1.00 bits per heavy atom. The van der Waals surface area contributed by atoms with Crippen LogP contribution in [0.4, 0.5) is 0 Å². The van der Waals surface area contributed by atoms with E-state index in [4.69, 9.17) is 26.3 Å². The van der Waals surface area contributed by atoms with Gasteiger partial charge in [0.25, 0.3) is 0 Å². The van der Waals surface area contributed by atoms with Crippen molar-refractivity contribution in [2.24, 2.45) is 0 Å². The smallest absolute Gasteiger partial charge is 0.203 e. The number of hydrogen-bond acceptors (Lipinski definition) is 4. The Labute approximate surface area is 208 Å². The Morgan fingerprint density at radius 2 is 1.71 bits per heavy atom. The number of rotatable bonds is 8. The molecule has 0 aliphatic heterocycles. The molecule has 2 aromatic heterocycles. The average Bonchev–Trinajstić information content (AvgIpc) is 3.43. The van der Waals surface area contributed by atoms with Gasteiger partial charge in [-0.1, -0.05) is 76.9 Å². The van der Waals surface area contributed by atoms with Gasteiger partial charge < -0.3 is 18.4 Å². The monoisotopic (exact) mass is 486 g/mol. The number of nitrogens with one attached hydrogen (secondary N) is 1. The van der Waals surface area contributed by atoms with E-state index in [2.05, 4.69) is 47.0 Å². The lowest BCUT2D eigenvalue weighted by Crippen LogP contribution is -2.31. The van der Waals surface area contributed by atoms with Crippen LogP contribution >= 0.6 is 11.6 Å². The van der Waals surface area contributed by atoms with Crippen molar-refractivity contribution in [3.63, 3.8) is 0 Å². The van der Waals surface area contributed by atoms with Crippen LogP contribution in [0.5, 0.6) is 0 Å². The van der Waals surface area contributed by atoms with E-state index in [9.17, 15) is 0 Å². The zero-order valence-electron chi connectivity index (χ0n) is 19.7. The maximum absolute atomic E-state index is 9.13. The number of halogens is 1. The predicted molar refractivity (Wildman–Crippen MR) is 138 cm³/mol. The number of benzene rings is 3. The number of imidazole rings is 1. The SMILES string of the molecule is COC[C@H](Cc1ccc(C)cc1)n1c(=N)n(Cc2cc(-c3ccccc3Cl)no2)c2ccccc21. The molecule has 0 fully saturated rings. The van der Waals surface area contributed by atoms with Gasteiger partial charge in [-0.2, -0.15) is 0 Å². The van der Waals surface area contributed by atoms with E-state index < -0.39 is 0 Å². The van der Waals surface area contributed by atoms with Crippen LogP contribution in [0.2, 0.25) is 5.02 Å². The average molecular weight is 487 g/mol. The fraction of sp³-hybridized carbons (Fsp3) is 0.214. The molecular weight excluding hydrogens is 460 g/mol. The number of aryl methyl sites for hydroxylation is 1. The Morgan fingerprint density at radius 3 is 2.46 bits per heavy atom. The lowest BCUT2D eigenvalue weighted by atomic mass is 10.0. The molecule has 5 rings (SSSR count). The lowest BCUT2D eigenvalue weighted by Gasteiger charge is -2.19. The van der Waals surface area contributed by atoms with Gasteiger partial charge in [0.2, 0.25) is 5.62 Å². The second kappa shape index (κ2) is 9.94. The van der Waals surface area contributed by atoms with Crippen molar-refractivity contribution in [2.75, 3.05) is 13.7 Å². The summed E-state index contributed by atoms with van der Waals surface area (Å²) in [5.74, 6) is 0.656. The first-order valence-corrected chi connectivity index (χ1v) is 11.9. The summed E-state index contributed by atoms with van der Waals surface area (Å²) in [4.78, 5) is 0. The highest BCUT2D eigenvalue weighted by atomic mass is 35.5. The van der Waals surface area contributed by atoms with E-state index in [1.54, 1.807) is 7.11 Å². The number of fused-ring (bicyclic) bond motifs is 1. The van der Waals surface area contributed by atoms with Crippen LogP contribution in [0, 0.1) is 12.3 Å². The molecule has 0 aliphatic rings. The van der Waals surface area contributed by atoms with Gasteiger partial charge in [0.05, 0.1) is 35.2 Å². The zero-order chi connectivity index (χ0) is 24.4. The molecule has 6 nitrogen and oxygen atoms in total. The highest BCUT2D eigenvalue weighted by Crippen LogP contribution is 2.28. The molecule has 0 aliphatic carbocycles. The van der Waals surface area contributed by atoms with Crippen molar-refractivity contribution in [3.8, 4) is 11.3 Å². The molecule has 0 spiro atoms. The molecule has 7 heteroatoms. The van der Waals surface area contributed by atoms with Crippen molar-refractivity contribution in [2.45, 2.75) is 25.9 Å². The number of para-hydroxylation sites is 2. The lowest BCUT2D eigenvalue weighted by molar-refractivity contribution is 0.154. The van der Waals surface area contributed by atoms with E-state index in [1.807, 2.05) is 53.1 Å². The normalized spacial score (nSPS) is 12.3. The standard InChI is InChI=1S/C28H27ClN4O2/c1-19-11-13-20(14-12-19)15-21(18-34-2)33-27-10-6-5-9-26(27)32(28(33)30)17-22-16-25(31-35-22)23-7-3-4-8-24(23)29/h3-14,16,21,30H,15,17-18H2,1-2H3/t21-/m0/s1. The van der Waals surface area contributed by atoms with Gasteiger partial charge in [0.1, 0.15) is 5.69 Å². The minimum Gasteiger partial charge on any atom is -0.383 e. The third kappa shape index (κ3) is 4.67. The predicted octanol–water partition coefficient (Wildman–Crippen LogP) is 6.02. The number of aromatic nitrogens is 3. The van der Waals surface area contributed by atoms with Crippen LogP contribution < -0.4 is 5.62 Å². The van der Waals surface area contributed by atoms with Crippen LogP contribution in [0.3, 0.4) is 0 Å². The van der Waals surface area contributed by atoms with Gasteiger partial charge in [-0.3, -0.25) is 5.41 Å². The highest BCUT2D eigenvalue weighted by Gasteiger charge is 2.20. The molecule has 178 valence electrons. The van der Waals surface area contributed by atoms with Gasteiger partial charge in [-0.15, -0.1) is 0 Å². The van der Waals surface area contributed by atoms with E-state index in [-0.39, 0.29) is 6.04 Å². The van der Waals surface area contributed by atoms with E-state index in [0.29, 0.717) is 35.2 Å². The Kier molecular flexibility index (Phi) is 6.57. The third-order valence-electron chi connectivity index (χ3n) is 6.25. The van der Waals surface area contributed by atoms with Crippen LogP contribution in [-0.2, 0) is 17.7 Å². The summed E-state index contributed by atoms with van der Waals surface area (Å²) in [6, 6.07) is 26.0. The molecule has 3 aromatic carbocycles. The quantitative estimate of drug-likeness (QED) is 0.291. The first kappa shape index (κ1) is 23.1. The van der Waals surface area contributed by atoms with Gasteiger partial charge >= 0.3 is 0 Å². The largest absolute Gasteiger partial charge is 0.383 e. The molecule has 1 N–H and O–H groups in total. The van der Waals surface area contributed by atoms with Gasteiger partial charge in [0, 0.05) is 18.7 Å². The summed E-state index contributed by atoms with van der Waals surface area (Å²) in [6.45, 7) is 2.97. The first-order valence-electron chi connectivity index (χ1n) is 11.5.